The lowest BCUT2D eigenvalue weighted by molar-refractivity contribution is 0.391. The number of rotatable bonds is 6. The van der Waals surface area contributed by atoms with Crippen molar-refractivity contribution in [1.82, 2.24) is 5.32 Å². The fourth-order valence-corrected chi connectivity index (χ4v) is 3.87. The Morgan fingerprint density at radius 2 is 2.10 bits per heavy atom. The van der Waals surface area contributed by atoms with Gasteiger partial charge in [-0.25, -0.2) is 8.42 Å². The van der Waals surface area contributed by atoms with E-state index in [4.69, 9.17) is 0 Å². The van der Waals surface area contributed by atoms with E-state index in [0.717, 1.165) is 44.7 Å². The van der Waals surface area contributed by atoms with Crippen LogP contribution in [0.4, 0.5) is 5.69 Å². The van der Waals surface area contributed by atoms with E-state index in [1.807, 2.05) is 12.1 Å². The smallest absolute Gasteiger partial charge is 0.177 e. The molecule has 1 heterocycles. The van der Waals surface area contributed by atoms with Crippen molar-refractivity contribution in [2.75, 3.05) is 37.3 Å². The number of para-hydroxylation sites is 1. The van der Waals surface area contributed by atoms with Crippen molar-refractivity contribution in [2.24, 2.45) is 5.92 Å². The summed E-state index contributed by atoms with van der Waals surface area (Å²) >= 11 is 0. The molecule has 1 N–H and O–H groups in total. The number of anilines is 1. The van der Waals surface area contributed by atoms with Crippen LogP contribution in [-0.2, 0) is 9.84 Å². The molecule has 2 rings (SSSR count). The Labute approximate surface area is 128 Å². The van der Waals surface area contributed by atoms with Gasteiger partial charge in [0.1, 0.15) is 0 Å². The molecule has 0 spiro atoms. The van der Waals surface area contributed by atoms with Crippen LogP contribution >= 0.6 is 0 Å². The summed E-state index contributed by atoms with van der Waals surface area (Å²) < 4.78 is 23.9. The van der Waals surface area contributed by atoms with Crippen molar-refractivity contribution in [3.63, 3.8) is 0 Å². The number of sulfone groups is 1. The molecule has 1 saturated heterocycles. The highest BCUT2D eigenvalue weighted by Crippen LogP contribution is 2.29. The summed E-state index contributed by atoms with van der Waals surface area (Å²) in [6, 6.07) is 7.36. The van der Waals surface area contributed by atoms with Crippen molar-refractivity contribution >= 4 is 15.5 Å². The minimum Gasteiger partial charge on any atom is -0.370 e. The molecule has 0 aliphatic carbocycles. The molecule has 0 bridgehead atoms. The molecule has 1 fully saturated rings. The minimum absolute atomic E-state index is 0.451. The second kappa shape index (κ2) is 7.27. The average Bonchev–Trinajstić information content (AvgIpc) is 2.47. The molecule has 1 aromatic rings. The quantitative estimate of drug-likeness (QED) is 0.819. The van der Waals surface area contributed by atoms with Crippen molar-refractivity contribution in [1.29, 1.82) is 0 Å². The number of benzene rings is 1. The molecule has 5 heteroatoms. The topological polar surface area (TPSA) is 49.4 Å². The highest BCUT2D eigenvalue weighted by Gasteiger charge is 2.23. The Bertz CT molecular complexity index is 557. The van der Waals surface area contributed by atoms with Gasteiger partial charge in [0, 0.05) is 19.3 Å². The van der Waals surface area contributed by atoms with Gasteiger partial charge in [0.25, 0.3) is 0 Å². The molecule has 1 atom stereocenters. The van der Waals surface area contributed by atoms with E-state index in [1.54, 1.807) is 12.1 Å². The second-order valence-corrected chi connectivity index (χ2v) is 7.88. The van der Waals surface area contributed by atoms with Gasteiger partial charge >= 0.3 is 0 Å². The van der Waals surface area contributed by atoms with E-state index < -0.39 is 9.84 Å². The summed E-state index contributed by atoms with van der Waals surface area (Å²) in [4.78, 5) is 2.69. The second-order valence-electron chi connectivity index (χ2n) is 5.90. The Kier molecular flexibility index (Phi) is 5.65. The van der Waals surface area contributed by atoms with Gasteiger partial charge in [-0.1, -0.05) is 19.1 Å². The lowest BCUT2D eigenvalue weighted by Gasteiger charge is -2.35. The van der Waals surface area contributed by atoms with Gasteiger partial charge < -0.3 is 10.2 Å². The Morgan fingerprint density at radius 3 is 2.81 bits per heavy atom. The lowest BCUT2D eigenvalue weighted by Crippen LogP contribution is -2.40. The molecule has 4 nitrogen and oxygen atoms in total. The van der Waals surface area contributed by atoms with Crippen LogP contribution < -0.4 is 10.2 Å². The molecule has 1 unspecified atom stereocenters. The maximum Gasteiger partial charge on any atom is 0.177 e. The van der Waals surface area contributed by atoms with Crippen LogP contribution in [0.1, 0.15) is 26.2 Å². The van der Waals surface area contributed by atoms with E-state index in [2.05, 4.69) is 17.1 Å². The Morgan fingerprint density at radius 1 is 1.33 bits per heavy atom. The fourth-order valence-electron chi connectivity index (χ4n) is 2.97. The van der Waals surface area contributed by atoms with Gasteiger partial charge in [-0.2, -0.15) is 0 Å². The summed E-state index contributed by atoms with van der Waals surface area (Å²) in [7, 11) is -3.18. The third kappa shape index (κ3) is 4.45. The largest absolute Gasteiger partial charge is 0.370 e. The van der Waals surface area contributed by atoms with Crippen molar-refractivity contribution in [3.8, 4) is 0 Å². The minimum atomic E-state index is -3.18. The normalized spacial score (nSPS) is 19.7. The first-order valence-electron chi connectivity index (χ1n) is 7.77. The van der Waals surface area contributed by atoms with Crippen molar-refractivity contribution in [3.05, 3.63) is 24.3 Å². The number of hydrogen-bond acceptors (Lipinski definition) is 4. The maximum atomic E-state index is 11.9. The first kappa shape index (κ1) is 16.3. The summed E-state index contributed by atoms with van der Waals surface area (Å²) in [6.45, 7) is 6.12. The van der Waals surface area contributed by atoms with Crippen LogP contribution in [-0.4, -0.2) is 40.9 Å². The molecule has 118 valence electrons. The van der Waals surface area contributed by atoms with Gasteiger partial charge in [-0.3, -0.25) is 0 Å². The first-order chi connectivity index (χ1) is 10.0. The van der Waals surface area contributed by atoms with E-state index in [-0.39, 0.29) is 0 Å². The molecule has 0 aromatic heterocycles. The third-order valence-electron chi connectivity index (χ3n) is 3.98. The summed E-state index contributed by atoms with van der Waals surface area (Å²) in [5, 5.41) is 3.48. The summed E-state index contributed by atoms with van der Waals surface area (Å²) in [5.41, 5.74) is 0.861. The van der Waals surface area contributed by atoms with Crippen LogP contribution in [0.15, 0.2) is 29.2 Å². The highest BCUT2D eigenvalue weighted by molar-refractivity contribution is 7.90. The molecule has 1 aliphatic heterocycles. The van der Waals surface area contributed by atoms with Gasteiger partial charge in [-0.05, 0) is 50.4 Å². The monoisotopic (exact) mass is 310 g/mol. The number of nitrogens with one attached hydrogen (secondary N) is 1. The Balaban J connectivity index is 2.11. The number of piperidine rings is 1. The van der Waals surface area contributed by atoms with Gasteiger partial charge in [0.15, 0.2) is 9.84 Å². The first-order valence-corrected chi connectivity index (χ1v) is 9.66. The lowest BCUT2D eigenvalue weighted by atomic mass is 9.97. The van der Waals surface area contributed by atoms with E-state index in [9.17, 15) is 8.42 Å². The standard InChI is InChI=1S/C16H26N2O2S/c1-3-10-17-12-14-7-6-11-18(13-14)15-8-4-5-9-16(15)21(2,19)20/h4-5,8-9,14,17H,3,6-7,10-13H2,1-2H3. The van der Waals surface area contributed by atoms with E-state index >= 15 is 0 Å². The molecule has 1 aromatic carbocycles. The predicted molar refractivity (Wildman–Crippen MR) is 87.6 cm³/mol. The zero-order valence-corrected chi connectivity index (χ0v) is 13.8. The van der Waals surface area contributed by atoms with Crippen LogP contribution in [0.25, 0.3) is 0 Å². The van der Waals surface area contributed by atoms with E-state index in [0.29, 0.717) is 10.8 Å². The summed E-state index contributed by atoms with van der Waals surface area (Å²) in [5.74, 6) is 0.595. The molecule has 0 radical (unpaired) electrons. The molecule has 0 saturated carbocycles. The molecule has 1 aliphatic rings. The predicted octanol–water partition coefficient (Wildman–Crippen LogP) is 2.31. The Hall–Kier alpha value is -1.07. The molecule has 21 heavy (non-hydrogen) atoms. The van der Waals surface area contributed by atoms with Crippen LogP contribution in [0.5, 0.6) is 0 Å². The zero-order chi connectivity index (χ0) is 15.3. The van der Waals surface area contributed by atoms with Crippen LogP contribution in [0.2, 0.25) is 0 Å². The fraction of sp³-hybridized carbons (Fsp3) is 0.625. The van der Waals surface area contributed by atoms with Crippen molar-refractivity contribution in [2.45, 2.75) is 31.1 Å². The van der Waals surface area contributed by atoms with Gasteiger partial charge in [-0.15, -0.1) is 0 Å². The number of hydrogen-bond donors (Lipinski definition) is 1. The molecule has 0 amide bonds. The maximum absolute atomic E-state index is 11.9. The van der Waals surface area contributed by atoms with E-state index in [1.165, 1.54) is 12.7 Å². The van der Waals surface area contributed by atoms with Gasteiger partial charge in [0.05, 0.1) is 10.6 Å². The summed E-state index contributed by atoms with van der Waals surface area (Å²) in [6.07, 6.45) is 4.77. The zero-order valence-electron chi connectivity index (χ0n) is 13.0. The van der Waals surface area contributed by atoms with Crippen LogP contribution in [0, 0.1) is 5.92 Å². The average molecular weight is 310 g/mol. The van der Waals surface area contributed by atoms with Gasteiger partial charge in [0.2, 0.25) is 0 Å². The third-order valence-corrected chi connectivity index (χ3v) is 5.13. The highest BCUT2D eigenvalue weighted by atomic mass is 32.2. The molecular formula is C16H26N2O2S. The van der Waals surface area contributed by atoms with Crippen LogP contribution in [0.3, 0.4) is 0 Å². The molecular weight excluding hydrogens is 284 g/mol. The number of nitrogens with zero attached hydrogens (tertiary/aromatic N) is 1. The van der Waals surface area contributed by atoms with Crippen molar-refractivity contribution < 1.29 is 8.42 Å². The SMILES string of the molecule is CCCNCC1CCCN(c2ccccc2S(C)(=O)=O)C1.